The highest BCUT2D eigenvalue weighted by Gasteiger charge is 2.06. The summed E-state index contributed by atoms with van der Waals surface area (Å²) in [6, 6.07) is 4.08. The molecular formula is C11H16ClN. The first-order valence-corrected chi connectivity index (χ1v) is 5.06. The van der Waals surface area contributed by atoms with Crippen molar-refractivity contribution in [2.75, 3.05) is 0 Å². The molecule has 0 saturated carbocycles. The summed E-state index contributed by atoms with van der Waals surface area (Å²) in [5.74, 6) is 0.953. The molecule has 0 spiro atoms. The number of halogens is 1. The number of hydrogen-bond acceptors (Lipinski definition) is 1. The van der Waals surface area contributed by atoms with Crippen molar-refractivity contribution < 1.29 is 0 Å². The van der Waals surface area contributed by atoms with Crippen molar-refractivity contribution in [1.82, 2.24) is 4.98 Å². The summed E-state index contributed by atoms with van der Waals surface area (Å²) < 4.78 is 0. The fraction of sp³-hybridized carbons (Fsp3) is 0.545. The number of pyridine rings is 1. The van der Waals surface area contributed by atoms with Gasteiger partial charge in [-0.2, -0.15) is 0 Å². The van der Waals surface area contributed by atoms with Gasteiger partial charge in [0.15, 0.2) is 0 Å². The Bertz CT molecular complexity index is 266. The Balaban J connectivity index is 3.11. The van der Waals surface area contributed by atoms with Gasteiger partial charge in [0.2, 0.25) is 0 Å². The van der Waals surface area contributed by atoms with E-state index in [0.717, 1.165) is 5.69 Å². The zero-order chi connectivity index (χ0) is 10.0. The lowest BCUT2D eigenvalue weighted by Crippen LogP contribution is -1.97. The number of nitrogens with zero attached hydrogens (tertiary/aromatic N) is 1. The van der Waals surface area contributed by atoms with Crippen molar-refractivity contribution in [3.63, 3.8) is 0 Å². The van der Waals surface area contributed by atoms with Crippen molar-refractivity contribution in [2.45, 2.75) is 39.5 Å². The summed E-state index contributed by atoms with van der Waals surface area (Å²) in [5.41, 5.74) is 2.35. The smallest absolute Gasteiger partial charge is 0.129 e. The molecule has 0 bridgehead atoms. The van der Waals surface area contributed by atoms with Gasteiger partial charge in [-0.1, -0.05) is 39.3 Å². The van der Waals surface area contributed by atoms with Gasteiger partial charge < -0.3 is 0 Å². The average molecular weight is 198 g/mol. The van der Waals surface area contributed by atoms with E-state index < -0.39 is 0 Å². The largest absolute Gasteiger partial charge is 0.241 e. The van der Waals surface area contributed by atoms with Crippen LogP contribution in [0.25, 0.3) is 0 Å². The third kappa shape index (κ3) is 2.70. The lowest BCUT2D eigenvalue weighted by atomic mass is 10.0. The third-order valence-electron chi connectivity index (χ3n) is 2.09. The molecule has 13 heavy (non-hydrogen) atoms. The van der Waals surface area contributed by atoms with E-state index in [1.54, 1.807) is 0 Å². The first-order chi connectivity index (χ1) is 6.00. The van der Waals surface area contributed by atoms with Crippen LogP contribution in [0.4, 0.5) is 0 Å². The molecule has 1 aromatic rings. The second-order valence-electron chi connectivity index (χ2n) is 3.96. The Morgan fingerprint density at radius 3 is 2.15 bits per heavy atom. The minimum atomic E-state index is 0.441. The Kier molecular flexibility index (Phi) is 3.32. The van der Waals surface area contributed by atoms with Crippen LogP contribution >= 0.6 is 11.6 Å². The van der Waals surface area contributed by atoms with E-state index >= 15 is 0 Å². The van der Waals surface area contributed by atoms with Crippen LogP contribution < -0.4 is 0 Å². The Hall–Kier alpha value is -0.560. The van der Waals surface area contributed by atoms with Gasteiger partial charge >= 0.3 is 0 Å². The van der Waals surface area contributed by atoms with Crippen LogP contribution in [0.1, 0.15) is 50.8 Å². The molecule has 1 rings (SSSR count). The molecule has 0 aliphatic heterocycles. The van der Waals surface area contributed by atoms with Gasteiger partial charge in [-0.05, 0) is 29.5 Å². The number of aromatic nitrogens is 1. The minimum absolute atomic E-state index is 0.441. The number of rotatable bonds is 2. The molecule has 2 heteroatoms. The van der Waals surface area contributed by atoms with E-state index in [1.165, 1.54) is 5.56 Å². The standard InChI is InChI=1S/C11H16ClN/c1-7(2)9-5-10(8(3)4)13-11(12)6-9/h5-8H,1-4H3. The highest BCUT2D eigenvalue weighted by molar-refractivity contribution is 6.29. The predicted octanol–water partition coefficient (Wildman–Crippen LogP) is 3.98. The summed E-state index contributed by atoms with van der Waals surface area (Å²) in [7, 11) is 0. The van der Waals surface area contributed by atoms with Crippen molar-refractivity contribution in [3.8, 4) is 0 Å². The van der Waals surface area contributed by atoms with Gasteiger partial charge in [0.1, 0.15) is 5.15 Å². The quantitative estimate of drug-likeness (QED) is 0.654. The van der Waals surface area contributed by atoms with Gasteiger partial charge in [0.05, 0.1) is 0 Å². The van der Waals surface area contributed by atoms with Crippen LogP contribution in [0, 0.1) is 0 Å². The average Bonchev–Trinajstić information content (AvgIpc) is 2.03. The zero-order valence-corrected chi connectivity index (χ0v) is 9.39. The Morgan fingerprint density at radius 2 is 1.69 bits per heavy atom. The number of hydrogen-bond donors (Lipinski definition) is 0. The van der Waals surface area contributed by atoms with Crippen LogP contribution in [0.3, 0.4) is 0 Å². The molecule has 0 amide bonds. The monoisotopic (exact) mass is 197 g/mol. The van der Waals surface area contributed by atoms with E-state index in [4.69, 9.17) is 11.6 Å². The summed E-state index contributed by atoms with van der Waals surface area (Å²) in [5, 5.41) is 0.606. The Labute approximate surface area is 85.1 Å². The molecule has 72 valence electrons. The van der Waals surface area contributed by atoms with Crippen LogP contribution in [0.5, 0.6) is 0 Å². The van der Waals surface area contributed by atoms with E-state index in [1.807, 2.05) is 6.07 Å². The molecule has 0 aliphatic carbocycles. The molecular weight excluding hydrogens is 182 g/mol. The fourth-order valence-electron chi connectivity index (χ4n) is 1.17. The summed E-state index contributed by atoms with van der Waals surface area (Å²) in [6.45, 7) is 8.58. The molecule has 0 radical (unpaired) electrons. The van der Waals surface area contributed by atoms with E-state index in [9.17, 15) is 0 Å². The van der Waals surface area contributed by atoms with E-state index in [2.05, 4.69) is 38.7 Å². The molecule has 0 N–H and O–H groups in total. The maximum Gasteiger partial charge on any atom is 0.129 e. The minimum Gasteiger partial charge on any atom is -0.241 e. The predicted molar refractivity (Wildman–Crippen MR) is 57.4 cm³/mol. The molecule has 1 aromatic heterocycles. The molecule has 1 nitrogen and oxygen atoms in total. The van der Waals surface area contributed by atoms with Crippen molar-refractivity contribution in [1.29, 1.82) is 0 Å². The zero-order valence-electron chi connectivity index (χ0n) is 8.63. The van der Waals surface area contributed by atoms with Crippen molar-refractivity contribution in [3.05, 3.63) is 28.5 Å². The molecule has 0 saturated heterocycles. The topological polar surface area (TPSA) is 12.9 Å². The fourth-order valence-corrected chi connectivity index (χ4v) is 1.39. The van der Waals surface area contributed by atoms with Gasteiger partial charge in [0.25, 0.3) is 0 Å². The molecule has 0 atom stereocenters. The van der Waals surface area contributed by atoms with Crippen LogP contribution in [-0.2, 0) is 0 Å². The second-order valence-corrected chi connectivity index (χ2v) is 4.34. The van der Waals surface area contributed by atoms with Gasteiger partial charge in [-0.25, -0.2) is 4.98 Å². The summed E-state index contributed by atoms with van der Waals surface area (Å²) >= 11 is 5.93. The van der Waals surface area contributed by atoms with Crippen molar-refractivity contribution >= 4 is 11.6 Å². The third-order valence-corrected chi connectivity index (χ3v) is 2.29. The highest BCUT2D eigenvalue weighted by Crippen LogP contribution is 2.22. The van der Waals surface area contributed by atoms with Gasteiger partial charge in [-0.3, -0.25) is 0 Å². The van der Waals surface area contributed by atoms with Crippen LogP contribution in [0.2, 0.25) is 5.15 Å². The first-order valence-electron chi connectivity index (χ1n) is 4.68. The first kappa shape index (κ1) is 10.5. The highest BCUT2D eigenvalue weighted by atomic mass is 35.5. The molecule has 1 heterocycles. The lowest BCUT2D eigenvalue weighted by Gasteiger charge is -2.10. The summed E-state index contributed by atoms with van der Waals surface area (Å²) in [6.07, 6.45) is 0. The van der Waals surface area contributed by atoms with E-state index in [0.29, 0.717) is 17.0 Å². The SMILES string of the molecule is CC(C)c1cc(Cl)nc(C(C)C)c1. The normalized spacial score (nSPS) is 11.3. The van der Waals surface area contributed by atoms with E-state index in [-0.39, 0.29) is 0 Å². The van der Waals surface area contributed by atoms with Gasteiger partial charge in [0, 0.05) is 5.69 Å². The maximum atomic E-state index is 5.93. The molecule has 0 aromatic carbocycles. The van der Waals surface area contributed by atoms with Crippen molar-refractivity contribution in [2.24, 2.45) is 0 Å². The summed E-state index contributed by atoms with van der Waals surface area (Å²) in [4.78, 5) is 4.28. The van der Waals surface area contributed by atoms with Crippen LogP contribution in [0.15, 0.2) is 12.1 Å². The van der Waals surface area contributed by atoms with Crippen LogP contribution in [-0.4, -0.2) is 4.98 Å². The molecule has 0 aliphatic rings. The lowest BCUT2D eigenvalue weighted by molar-refractivity contribution is 0.800. The Morgan fingerprint density at radius 1 is 1.08 bits per heavy atom. The molecule has 0 unspecified atom stereocenters. The maximum absolute atomic E-state index is 5.93. The van der Waals surface area contributed by atoms with Gasteiger partial charge in [-0.15, -0.1) is 0 Å². The molecule has 0 fully saturated rings. The second kappa shape index (κ2) is 4.10.